The molecule has 0 atom stereocenters. The second-order valence-corrected chi connectivity index (χ2v) is 11.9. The fourth-order valence-electron chi connectivity index (χ4n) is 5.74. The number of fused-ring (bicyclic) bond motifs is 2. The van der Waals surface area contributed by atoms with Gasteiger partial charge in [-0.05, 0) is 86.2 Å². The fourth-order valence-corrected chi connectivity index (χ4v) is 6.63. The number of benzene rings is 1. The van der Waals surface area contributed by atoms with Crippen molar-refractivity contribution in [1.29, 1.82) is 0 Å². The first kappa shape index (κ1) is 26.1. The number of nitrogens with zero attached hydrogens (tertiary/aromatic N) is 2. The van der Waals surface area contributed by atoms with Crippen molar-refractivity contribution in [2.24, 2.45) is 5.92 Å². The Morgan fingerprint density at radius 1 is 1.05 bits per heavy atom. The van der Waals surface area contributed by atoms with E-state index in [2.05, 4.69) is 95.9 Å². The van der Waals surface area contributed by atoms with E-state index < -0.39 is 0 Å². The summed E-state index contributed by atoms with van der Waals surface area (Å²) in [6.07, 6.45) is 16.3. The van der Waals surface area contributed by atoms with E-state index in [-0.39, 0.29) is 0 Å². The average Bonchev–Trinajstić information content (AvgIpc) is 3.72. The van der Waals surface area contributed by atoms with Crippen molar-refractivity contribution < 1.29 is 0 Å². The predicted molar refractivity (Wildman–Crippen MR) is 170 cm³/mol. The molecule has 0 amide bonds. The van der Waals surface area contributed by atoms with Crippen LogP contribution < -0.4 is 5.32 Å². The summed E-state index contributed by atoms with van der Waals surface area (Å²) in [4.78, 5) is 10.6. The van der Waals surface area contributed by atoms with Crippen molar-refractivity contribution in [3.05, 3.63) is 102 Å². The topological polar surface area (TPSA) is 69.4 Å². The number of rotatable bonds is 8. The van der Waals surface area contributed by atoms with Gasteiger partial charge in [0.05, 0.1) is 22.9 Å². The van der Waals surface area contributed by atoms with Crippen molar-refractivity contribution in [2.45, 2.75) is 46.0 Å². The maximum atomic E-state index is 4.71. The number of thiophene rings is 1. The molecule has 1 aliphatic rings. The summed E-state index contributed by atoms with van der Waals surface area (Å²) in [7, 11) is 0. The Bertz CT molecular complexity index is 1770. The molecule has 3 N–H and O–H groups in total. The molecule has 6 rings (SSSR count). The second-order valence-electron chi connectivity index (χ2n) is 10.6. The SMILES string of the molecule is C=C/C(=C\C(=C/C)c1ccc2[nH]nc(-c3cc4c(-c5ccc(C)s5)cncc4[nH]3)c2c1)NC(=C)C1CCCCC1. The zero-order valence-electron chi connectivity index (χ0n) is 23.2. The second kappa shape index (κ2) is 11.1. The smallest absolute Gasteiger partial charge is 0.116 e. The third-order valence-corrected chi connectivity index (χ3v) is 8.98. The summed E-state index contributed by atoms with van der Waals surface area (Å²) in [5.74, 6) is 0.534. The Kier molecular flexibility index (Phi) is 7.27. The molecule has 4 aromatic heterocycles. The first-order chi connectivity index (χ1) is 19.5. The molecule has 40 heavy (non-hydrogen) atoms. The van der Waals surface area contributed by atoms with Crippen molar-refractivity contribution in [3.63, 3.8) is 0 Å². The lowest BCUT2D eigenvalue weighted by Gasteiger charge is -2.25. The minimum atomic E-state index is 0.534. The molecule has 0 bridgehead atoms. The van der Waals surface area contributed by atoms with E-state index >= 15 is 0 Å². The average molecular weight is 546 g/mol. The lowest BCUT2D eigenvalue weighted by Crippen LogP contribution is -2.20. The van der Waals surface area contributed by atoms with Crippen LogP contribution in [-0.4, -0.2) is 20.2 Å². The predicted octanol–water partition coefficient (Wildman–Crippen LogP) is 9.30. The van der Waals surface area contributed by atoms with Gasteiger partial charge in [0.1, 0.15) is 5.69 Å². The number of pyridine rings is 1. The van der Waals surface area contributed by atoms with E-state index in [1.807, 2.05) is 18.5 Å². The highest BCUT2D eigenvalue weighted by Gasteiger charge is 2.18. The van der Waals surface area contributed by atoms with Crippen LogP contribution in [0.3, 0.4) is 0 Å². The van der Waals surface area contributed by atoms with E-state index in [1.54, 1.807) is 11.3 Å². The third-order valence-electron chi connectivity index (χ3n) is 7.95. The quantitative estimate of drug-likeness (QED) is 0.170. The number of aryl methyl sites for hydroxylation is 1. The molecule has 1 saturated carbocycles. The van der Waals surface area contributed by atoms with Gasteiger partial charge in [-0.3, -0.25) is 10.1 Å². The van der Waals surface area contributed by atoms with Crippen molar-refractivity contribution >= 4 is 38.7 Å². The van der Waals surface area contributed by atoms with Crippen molar-refractivity contribution in [1.82, 2.24) is 25.5 Å². The first-order valence-corrected chi connectivity index (χ1v) is 14.8. The number of H-pyrrole nitrogens is 2. The lowest BCUT2D eigenvalue weighted by molar-refractivity contribution is 0.393. The molecule has 0 unspecified atom stereocenters. The van der Waals surface area contributed by atoms with Gasteiger partial charge in [-0.1, -0.05) is 44.6 Å². The monoisotopic (exact) mass is 545 g/mol. The standard InChI is InChI=1S/C34H35N5S/c1-5-23(16-26(6-2)36-22(4)24-10-8-7-9-11-24)25-13-14-30-28(17-25)34(39-38-30)31-18-27-29(19-35-20-32(27)37-31)33-15-12-21(3)40-33/h5-6,12-20,24,36-37H,2,4,7-11H2,1,3H3,(H,38,39)/b23-5+,26-16+. The fraction of sp³-hybridized carbons (Fsp3) is 0.235. The van der Waals surface area contributed by atoms with Crippen LogP contribution in [0.5, 0.6) is 0 Å². The summed E-state index contributed by atoms with van der Waals surface area (Å²) >= 11 is 1.79. The van der Waals surface area contributed by atoms with Gasteiger partial charge >= 0.3 is 0 Å². The molecule has 1 fully saturated rings. The van der Waals surface area contributed by atoms with E-state index in [0.29, 0.717) is 5.92 Å². The molecule has 5 nitrogen and oxygen atoms in total. The molecule has 0 aliphatic heterocycles. The summed E-state index contributed by atoms with van der Waals surface area (Å²) < 4.78 is 0. The van der Waals surface area contributed by atoms with E-state index in [9.17, 15) is 0 Å². The van der Waals surface area contributed by atoms with Gasteiger partial charge < -0.3 is 10.3 Å². The van der Waals surface area contributed by atoms with Gasteiger partial charge in [-0.25, -0.2) is 0 Å². The zero-order chi connectivity index (χ0) is 27.6. The molecule has 0 radical (unpaired) electrons. The highest BCUT2D eigenvalue weighted by Crippen LogP contribution is 2.37. The van der Waals surface area contributed by atoms with Crippen LogP contribution in [0, 0.1) is 12.8 Å². The van der Waals surface area contributed by atoms with Gasteiger partial charge in [0.15, 0.2) is 0 Å². The molecular weight excluding hydrogens is 510 g/mol. The number of allylic oxidation sites excluding steroid dienone is 5. The van der Waals surface area contributed by atoms with E-state index in [1.165, 1.54) is 41.9 Å². The Balaban J connectivity index is 1.33. The summed E-state index contributed by atoms with van der Waals surface area (Å²) in [5.41, 5.74) is 9.30. The Morgan fingerprint density at radius 3 is 2.65 bits per heavy atom. The highest BCUT2D eigenvalue weighted by molar-refractivity contribution is 7.15. The number of hydrogen-bond donors (Lipinski definition) is 3. The van der Waals surface area contributed by atoms with Crippen LogP contribution in [-0.2, 0) is 0 Å². The molecule has 0 spiro atoms. The molecule has 4 heterocycles. The van der Waals surface area contributed by atoms with Crippen LogP contribution in [0.15, 0.2) is 91.6 Å². The Labute approximate surface area is 239 Å². The molecule has 6 heteroatoms. The number of nitrogens with one attached hydrogen (secondary N) is 3. The van der Waals surface area contributed by atoms with Crippen molar-refractivity contribution in [2.75, 3.05) is 0 Å². The largest absolute Gasteiger partial charge is 0.359 e. The highest BCUT2D eigenvalue weighted by atomic mass is 32.1. The Hall–Kier alpha value is -4.16. The van der Waals surface area contributed by atoms with Gasteiger partial charge in [-0.15, -0.1) is 11.3 Å². The van der Waals surface area contributed by atoms with Gasteiger partial charge in [0.2, 0.25) is 0 Å². The Morgan fingerprint density at radius 2 is 1.90 bits per heavy atom. The maximum absolute atomic E-state index is 4.71. The van der Waals surface area contributed by atoms with E-state index in [4.69, 9.17) is 5.10 Å². The van der Waals surface area contributed by atoms with Gasteiger partial charge in [0.25, 0.3) is 0 Å². The molecule has 0 saturated heterocycles. The van der Waals surface area contributed by atoms with Gasteiger partial charge in [-0.2, -0.15) is 5.10 Å². The van der Waals surface area contributed by atoms with Crippen LogP contribution in [0.2, 0.25) is 0 Å². The van der Waals surface area contributed by atoms with Crippen molar-refractivity contribution in [3.8, 4) is 21.8 Å². The molecule has 5 aromatic rings. The maximum Gasteiger partial charge on any atom is 0.116 e. The summed E-state index contributed by atoms with van der Waals surface area (Å²) in [5, 5.41) is 13.7. The summed E-state index contributed by atoms with van der Waals surface area (Å²) in [6, 6.07) is 13.0. The number of aromatic nitrogens is 4. The number of hydrogen-bond acceptors (Lipinski definition) is 4. The lowest BCUT2D eigenvalue weighted by atomic mass is 9.87. The minimum absolute atomic E-state index is 0.534. The molecule has 1 aromatic carbocycles. The molecular formula is C34H35N5S. The molecule has 1 aliphatic carbocycles. The zero-order valence-corrected chi connectivity index (χ0v) is 24.0. The normalized spacial score (nSPS) is 15.2. The van der Waals surface area contributed by atoms with Crippen LogP contribution in [0.1, 0.15) is 49.5 Å². The minimum Gasteiger partial charge on any atom is -0.359 e. The summed E-state index contributed by atoms with van der Waals surface area (Å²) in [6.45, 7) is 12.6. The van der Waals surface area contributed by atoms with Crippen LogP contribution in [0.25, 0.3) is 49.2 Å². The third kappa shape index (κ3) is 5.07. The number of aromatic amines is 2. The first-order valence-electron chi connectivity index (χ1n) is 14.0. The molecule has 202 valence electrons. The van der Waals surface area contributed by atoms with Gasteiger partial charge in [0, 0.05) is 43.7 Å². The van der Waals surface area contributed by atoms with Crippen LogP contribution in [0.4, 0.5) is 0 Å². The van der Waals surface area contributed by atoms with E-state index in [0.717, 1.165) is 61.3 Å². The van der Waals surface area contributed by atoms with Crippen LogP contribution >= 0.6 is 11.3 Å².